The number of hydrogen-bond donors (Lipinski definition) is 8. The third-order valence-electron chi connectivity index (χ3n) is 4.24. The van der Waals surface area contributed by atoms with E-state index in [4.69, 9.17) is 16.6 Å². The molecule has 12 nitrogen and oxygen atoms in total. The van der Waals surface area contributed by atoms with Crippen LogP contribution < -0.4 is 27.4 Å². The van der Waals surface area contributed by atoms with Gasteiger partial charge in [0.15, 0.2) is 6.04 Å². The maximum Gasteiger partial charge on any atom is 0.328 e. The van der Waals surface area contributed by atoms with Gasteiger partial charge in [0, 0.05) is 12.2 Å². The molecule has 0 saturated heterocycles. The number of carbonyl (C=O) groups excluding carboxylic acids is 4. The lowest BCUT2D eigenvalue weighted by Crippen LogP contribution is -2.58. The minimum atomic E-state index is -1.55. The van der Waals surface area contributed by atoms with E-state index in [9.17, 15) is 29.1 Å². The maximum absolute atomic E-state index is 12.6. The number of carbonyl (C=O) groups is 5. The molecular formula is C18H33N5O7S. The van der Waals surface area contributed by atoms with Crippen LogP contribution in [0.4, 0.5) is 0 Å². The Morgan fingerprint density at radius 1 is 0.935 bits per heavy atom. The van der Waals surface area contributed by atoms with Gasteiger partial charge in [0.25, 0.3) is 0 Å². The van der Waals surface area contributed by atoms with Crippen LogP contribution in [0, 0.1) is 5.92 Å². The Labute approximate surface area is 186 Å². The van der Waals surface area contributed by atoms with E-state index in [1.807, 2.05) is 0 Å². The summed E-state index contributed by atoms with van der Waals surface area (Å²) in [6, 6.07) is -4.87. The summed E-state index contributed by atoms with van der Waals surface area (Å²) in [4.78, 5) is 59.3. The Hall–Kier alpha value is -2.38. The summed E-state index contributed by atoms with van der Waals surface area (Å²) in [5.41, 5.74) is 10.7. The zero-order valence-electron chi connectivity index (χ0n) is 17.8. The lowest BCUT2D eigenvalue weighted by molar-refractivity contribution is -0.145. The monoisotopic (exact) mass is 463 g/mol. The zero-order chi connectivity index (χ0) is 24.3. The molecule has 0 rings (SSSR count). The summed E-state index contributed by atoms with van der Waals surface area (Å²) < 4.78 is 0. The Bertz CT molecular complexity index is 659. The molecule has 0 saturated carbocycles. The largest absolute Gasteiger partial charge is 0.480 e. The molecule has 0 aliphatic carbocycles. The Morgan fingerprint density at radius 2 is 1.45 bits per heavy atom. The van der Waals surface area contributed by atoms with Crippen molar-refractivity contribution in [1.82, 2.24) is 16.0 Å². The minimum absolute atomic E-state index is 0.00359. The van der Waals surface area contributed by atoms with E-state index < -0.39 is 59.9 Å². The molecule has 0 aromatic carbocycles. The third kappa shape index (κ3) is 11.0. The number of aliphatic hydroxyl groups is 1. The third-order valence-corrected chi connectivity index (χ3v) is 4.61. The second-order valence-electron chi connectivity index (χ2n) is 7.61. The molecule has 5 unspecified atom stereocenters. The van der Waals surface area contributed by atoms with E-state index in [0.717, 1.165) is 0 Å². The summed E-state index contributed by atoms with van der Waals surface area (Å²) in [6.07, 6.45) is -1.29. The van der Waals surface area contributed by atoms with E-state index in [1.54, 1.807) is 13.8 Å². The maximum atomic E-state index is 12.6. The number of aliphatic carboxylic acids is 1. The van der Waals surface area contributed by atoms with Crippen LogP contribution in [0.25, 0.3) is 0 Å². The van der Waals surface area contributed by atoms with Gasteiger partial charge < -0.3 is 37.6 Å². The van der Waals surface area contributed by atoms with Crippen LogP contribution in [0.15, 0.2) is 0 Å². The van der Waals surface area contributed by atoms with Crippen molar-refractivity contribution in [1.29, 1.82) is 0 Å². The smallest absolute Gasteiger partial charge is 0.328 e. The molecule has 0 aliphatic rings. The lowest BCUT2D eigenvalue weighted by Gasteiger charge is -2.26. The molecule has 0 fully saturated rings. The fraction of sp³-hybridized carbons (Fsp3) is 0.722. The van der Waals surface area contributed by atoms with Gasteiger partial charge in [0.2, 0.25) is 23.6 Å². The van der Waals surface area contributed by atoms with Gasteiger partial charge in [-0.1, -0.05) is 13.8 Å². The van der Waals surface area contributed by atoms with Crippen molar-refractivity contribution >= 4 is 42.2 Å². The molecule has 178 valence electrons. The first kappa shape index (κ1) is 28.6. The highest BCUT2D eigenvalue weighted by Gasteiger charge is 2.31. The highest BCUT2D eigenvalue weighted by atomic mass is 32.1. The fourth-order valence-corrected chi connectivity index (χ4v) is 2.78. The van der Waals surface area contributed by atoms with Gasteiger partial charge in [-0.15, -0.1) is 0 Å². The Morgan fingerprint density at radius 3 is 1.87 bits per heavy atom. The van der Waals surface area contributed by atoms with E-state index in [1.165, 1.54) is 6.92 Å². The average molecular weight is 464 g/mol. The minimum Gasteiger partial charge on any atom is -0.480 e. The topological polar surface area (TPSA) is 214 Å². The van der Waals surface area contributed by atoms with Crippen LogP contribution in [-0.4, -0.2) is 75.8 Å². The quantitative estimate of drug-likeness (QED) is 0.128. The molecule has 0 bridgehead atoms. The van der Waals surface area contributed by atoms with Crippen molar-refractivity contribution in [2.24, 2.45) is 17.4 Å². The molecule has 31 heavy (non-hydrogen) atoms. The van der Waals surface area contributed by atoms with E-state index >= 15 is 0 Å². The first-order chi connectivity index (χ1) is 14.3. The normalized spacial score (nSPS) is 15.8. The van der Waals surface area contributed by atoms with Crippen LogP contribution in [0.2, 0.25) is 0 Å². The van der Waals surface area contributed by atoms with E-state index in [-0.39, 0.29) is 30.9 Å². The number of primary amides is 1. The number of thiol groups is 1. The number of hydrogen-bond acceptors (Lipinski definition) is 8. The van der Waals surface area contributed by atoms with E-state index in [0.29, 0.717) is 0 Å². The van der Waals surface area contributed by atoms with Crippen molar-refractivity contribution in [3.05, 3.63) is 0 Å². The molecular weight excluding hydrogens is 430 g/mol. The second-order valence-corrected chi connectivity index (χ2v) is 7.98. The summed E-state index contributed by atoms with van der Waals surface area (Å²) >= 11 is 4.03. The van der Waals surface area contributed by atoms with Crippen molar-refractivity contribution in [2.75, 3.05) is 5.75 Å². The van der Waals surface area contributed by atoms with Crippen molar-refractivity contribution in [2.45, 2.75) is 70.3 Å². The zero-order valence-corrected chi connectivity index (χ0v) is 18.7. The SMILES string of the molecule is CC(C)CC(NC(=O)C(CS)NC(=O)C(N)CCC(N)=O)C(=O)NC(C(=O)O)C(C)O. The summed E-state index contributed by atoms with van der Waals surface area (Å²) in [5, 5.41) is 25.7. The van der Waals surface area contributed by atoms with Crippen LogP contribution in [0.5, 0.6) is 0 Å². The standard InChI is InChI=1S/C18H33N5O7S/c1-8(2)6-11(16(27)23-14(9(3)24)18(29)30)21-17(28)12(7-31)22-15(26)10(19)4-5-13(20)25/h8-12,14,24,31H,4-7,19H2,1-3H3,(H2,20,25)(H,21,28)(H,22,26)(H,23,27)(H,29,30). The van der Waals surface area contributed by atoms with E-state index in [2.05, 4.69) is 28.6 Å². The molecule has 0 spiro atoms. The van der Waals surface area contributed by atoms with Gasteiger partial charge in [-0.05, 0) is 25.7 Å². The number of amides is 4. The predicted octanol–water partition coefficient (Wildman–Crippen LogP) is -2.53. The van der Waals surface area contributed by atoms with Gasteiger partial charge in [0.1, 0.15) is 12.1 Å². The van der Waals surface area contributed by atoms with Crippen molar-refractivity contribution in [3.8, 4) is 0 Å². The number of aliphatic hydroxyl groups excluding tert-OH is 1. The number of carboxylic acids is 1. The van der Waals surface area contributed by atoms with Crippen LogP contribution in [0.1, 0.15) is 40.0 Å². The van der Waals surface area contributed by atoms with Gasteiger partial charge in [-0.2, -0.15) is 12.6 Å². The molecule has 5 atom stereocenters. The Kier molecular flexibility index (Phi) is 12.8. The molecule has 0 radical (unpaired) electrons. The lowest BCUT2D eigenvalue weighted by atomic mass is 10.0. The number of carboxylic acid groups (broad SMARTS) is 1. The molecule has 9 N–H and O–H groups in total. The highest BCUT2D eigenvalue weighted by Crippen LogP contribution is 2.07. The number of nitrogens with two attached hydrogens (primary N) is 2. The summed E-state index contributed by atoms with van der Waals surface area (Å²) in [7, 11) is 0. The second kappa shape index (κ2) is 13.8. The predicted molar refractivity (Wildman–Crippen MR) is 115 cm³/mol. The number of rotatable bonds is 14. The molecule has 0 aromatic heterocycles. The first-order valence-corrected chi connectivity index (χ1v) is 10.4. The summed E-state index contributed by atoms with van der Waals surface area (Å²) in [6.45, 7) is 4.81. The molecule has 0 aliphatic heterocycles. The summed E-state index contributed by atoms with van der Waals surface area (Å²) in [5.74, 6) is -4.42. The van der Waals surface area contributed by atoms with Crippen molar-refractivity contribution in [3.63, 3.8) is 0 Å². The number of nitrogens with one attached hydrogen (secondary N) is 3. The molecule has 13 heteroatoms. The van der Waals surface area contributed by atoms with Crippen molar-refractivity contribution < 1.29 is 34.2 Å². The average Bonchev–Trinajstić information content (AvgIpc) is 2.66. The van der Waals surface area contributed by atoms with Gasteiger partial charge >= 0.3 is 5.97 Å². The molecule has 0 heterocycles. The molecule has 4 amide bonds. The van der Waals surface area contributed by atoms with Gasteiger partial charge in [0.05, 0.1) is 12.1 Å². The van der Waals surface area contributed by atoms with Gasteiger partial charge in [-0.3, -0.25) is 19.2 Å². The molecule has 0 aromatic rings. The Balaban J connectivity index is 5.21. The van der Waals surface area contributed by atoms with Gasteiger partial charge in [-0.25, -0.2) is 4.79 Å². The van der Waals surface area contributed by atoms with Crippen LogP contribution in [0.3, 0.4) is 0 Å². The van der Waals surface area contributed by atoms with Crippen LogP contribution >= 0.6 is 12.6 Å². The first-order valence-electron chi connectivity index (χ1n) is 9.76. The fourth-order valence-electron chi connectivity index (χ4n) is 2.52. The highest BCUT2D eigenvalue weighted by molar-refractivity contribution is 7.80. The van der Waals surface area contributed by atoms with Crippen LogP contribution in [-0.2, 0) is 24.0 Å².